The van der Waals surface area contributed by atoms with Crippen molar-refractivity contribution in [2.75, 3.05) is 0 Å². The van der Waals surface area contributed by atoms with Crippen LogP contribution in [0.4, 0.5) is 0 Å². The number of rotatable bonds is 5. The molecule has 13 aromatic rings. The molecule has 0 radical (unpaired) electrons. The first kappa shape index (κ1) is 35.4. The lowest BCUT2D eigenvalue weighted by Crippen LogP contribution is -1.99. The highest BCUT2D eigenvalue weighted by atomic mass is 15.0. The Balaban J connectivity index is 1.04. The minimum atomic E-state index is 0.697. The third-order valence-electron chi connectivity index (χ3n) is 13.0. The van der Waals surface area contributed by atoms with Crippen LogP contribution in [0.3, 0.4) is 0 Å². The van der Waals surface area contributed by atoms with Gasteiger partial charge in [-0.25, -0.2) is 9.97 Å². The molecule has 0 atom stereocenters. The summed E-state index contributed by atoms with van der Waals surface area (Å²) in [6.45, 7) is 0. The van der Waals surface area contributed by atoms with Gasteiger partial charge in [-0.1, -0.05) is 176 Å². The fourth-order valence-electron chi connectivity index (χ4n) is 9.88. The van der Waals surface area contributed by atoms with Crippen molar-refractivity contribution in [1.29, 1.82) is 0 Å². The van der Waals surface area contributed by atoms with E-state index in [1.807, 2.05) is 0 Å². The van der Waals surface area contributed by atoms with Crippen LogP contribution in [0.25, 0.3) is 126 Å². The molecule has 63 heavy (non-hydrogen) atoms. The topological polar surface area (TPSA) is 30.7 Å². The van der Waals surface area contributed by atoms with E-state index in [4.69, 9.17) is 9.97 Å². The first-order valence-corrected chi connectivity index (χ1v) is 21.6. The fourth-order valence-corrected chi connectivity index (χ4v) is 9.88. The maximum absolute atomic E-state index is 5.48. The summed E-state index contributed by atoms with van der Waals surface area (Å²) < 4.78 is 2.46. The van der Waals surface area contributed by atoms with Gasteiger partial charge in [-0.15, -0.1) is 0 Å². The fraction of sp³-hybridized carbons (Fsp3) is 0. The largest absolute Gasteiger partial charge is 0.309 e. The molecule has 13 rings (SSSR count). The van der Waals surface area contributed by atoms with Gasteiger partial charge in [0.05, 0.1) is 27.9 Å². The van der Waals surface area contributed by atoms with Crippen LogP contribution < -0.4 is 0 Å². The lowest BCUT2D eigenvalue weighted by atomic mass is 9.97. The SMILES string of the molecule is c1ccc(-c2ccc(-c3nc(-c4ccc(-n5c6cc7ccccc7cc6c6c7ccccc7ccc65)c5ccccc45)nc4cc(-c5ccc6ccccc6c5)ccc34)cc2)cc1. The smallest absolute Gasteiger partial charge is 0.161 e. The van der Waals surface area contributed by atoms with Gasteiger partial charge in [0.1, 0.15) is 0 Å². The van der Waals surface area contributed by atoms with E-state index in [9.17, 15) is 0 Å². The Labute approximate surface area is 363 Å². The third kappa shape index (κ3) is 5.75. The molecule has 3 heteroatoms. The van der Waals surface area contributed by atoms with E-state index in [0.717, 1.165) is 55.3 Å². The minimum Gasteiger partial charge on any atom is -0.309 e. The van der Waals surface area contributed by atoms with Crippen LogP contribution in [0.2, 0.25) is 0 Å². The van der Waals surface area contributed by atoms with Crippen molar-refractivity contribution < 1.29 is 0 Å². The van der Waals surface area contributed by atoms with Gasteiger partial charge >= 0.3 is 0 Å². The van der Waals surface area contributed by atoms with Crippen LogP contribution in [0.1, 0.15) is 0 Å². The van der Waals surface area contributed by atoms with E-state index in [-0.39, 0.29) is 0 Å². The summed E-state index contributed by atoms with van der Waals surface area (Å²) in [7, 11) is 0. The lowest BCUT2D eigenvalue weighted by Gasteiger charge is -2.16. The molecule has 0 fully saturated rings. The number of benzene rings is 11. The van der Waals surface area contributed by atoms with Crippen LogP contribution in [-0.2, 0) is 0 Å². The maximum Gasteiger partial charge on any atom is 0.161 e. The predicted molar refractivity (Wildman–Crippen MR) is 266 cm³/mol. The number of fused-ring (bicyclic) bond motifs is 9. The second-order valence-corrected chi connectivity index (χ2v) is 16.5. The molecule has 0 aliphatic rings. The Hall–Kier alpha value is -8.40. The first-order chi connectivity index (χ1) is 31.2. The van der Waals surface area contributed by atoms with Crippen LogP contribution >= 0.6 is 0 Å². The van der Waals surface area contributed by atoms with Crippen LogP contribution in [-0.4, -0.2) is 14.5 Å². The van der Waals surface area contributed by atoms with Crippen molar-refractivity contribution in [2.45, 2.75) is 0 Å². The van der Waals surface area contributed by atoms with E-state index < -0.39 is 0 Å². The van der Waals surface area contributed by atoms with Crippen molar-refractivity contribution in [2.24, 2.45) is 0 Å². The molecule has 2 aromatic heterocycles. The van der Waals surface area contributed by atoms with Gasteiger partial charge in [-0.2, -0.15) is 0 Å². The van der Waals surface area contributed by atoms with Gasteiger partial charge in [0.25, 0.3) is 0 Å². The molecule has 11 aromatic carbocycles. The molecule has 0 unspecified atom stereocenters. The number of nitrogens with zero attached hydrogens (tertiary/aromatic N) is 3. The second-order valence-electron chi connectivity index (χ2n) is 16.5. The quantitative estimate of drug-likeness (QED) is 0.174. The highest BCUT2D eigenvalue weighted by Gasteiger charge is 2.20. The molecule has 0 spiro atoms. The van der Waals surface area contributed by atoms with E-state index in [0.29, 0.717) is 5.82 Å². The van der Waals surface area contributed by atoms with Gasteiger partial charge in [0.2, 0.25) is 0 Å². The lowest BCUT2D eigenvalue weighted by molar-refractivity contribution is 1.19. The zero-order valence-corrected chi connectivity index (χ0v) is 34.2. The van der Waals surface area contributed by atoms with Crippen molar-refractivity contribution in [1.82, 2.24) is 14.5 Å². The van der Waals surface area contributed by atoms with Crippen molar-refractivity contribution >= 4 is 75.8 Å². The van der Waals surface area contributed by atoms with E-state index in [1.54, 1.807) is 0 Å². The predicted octanol–water partition coefficient (Wildman–Crippen LogP) is 16.0. The minimum absolute atomic E-state index is 0.697. The number of hydrogen-bond donors (Lipinski definition) is 0. The van der Waals surface area contributed by atoms with Gasteiger partial charge in [-0.05, 0) is 108 Å². The average molecular weight is 800 g/mol. The number of hydrogen-bond acceptors (Lipinski definition) is 2. The molecule has 0 bridgehead atoms. The Morgan fingerprint density at radius 2 is 0.889 bits per heavy atom. The summed E-state index contributed by atoms with van der Waals surface area (Å²) in [6.07, 6.45) is 0. The Morgan fingerprint density at radius 3 is 1.70 bits per heavy atom. The molecule has 3 nitrogen and oxygen atoms in total. The van der Waals surface area contributed by atoms with Crippen molar-refractivity contribution in [3.05, 3.63) is 224 Å². The van der Waals surface area contributed by atoms with Crippen LogP contribution in [0, 0.1) is 0 Å². The molecule has 0 saturated carbocycles. The molecular weight excluding hydrogens is 763 g/mol. The first-order valence-electron chi connectivity index (χ1n) is 21.6. The highest BCUT2D eigenvalue weighted by Crippen LogP contribution is 2.42. The van der Waals surface area contributed by atoms with E-state index >= 15 is 0 Å². The summed E-state index contributed by atoms with van der Waals surface area (Å²) in [5, 5.41) is 13.2. The Kier molecular flexibility index (Phi) is 7.91. The van der Waals surface area contributed by atoms with E-state index in [1.165, 1.54) is 65.3 Å². The van der Waals surface area contributed by atoms with Crippen molar-refractivity contribution in [3.8, 4) is 50.6 Å². The molecule has 292 valence electrons. The molecule has 0 aliphatic carbocycles. The summed E-state index contributed by atoms with van der Waals surface area (Å²) in [5.74, 6) is 0.697. The summed E-state index contributed by atoms with van der Waals surface area (Å²) in [5.41, 5.74) is 12.0. The monoisotopic (exact) mass is 799 g/mol. The number of aromatic nitrogens is 3. The zero-order chi connectivity index (χ0) is 41.4. The molecular formula is C60H37N3. The molecule has 0 amide bonds. The van der Waals surface area contributed by atoms with Gasteiger partial charge in [-0.3, -0.25) is 0 Å². The van der Waals surface area contributed by atoms with Crippen LogP contribution in [0.5, 0.6) is 0 Å². The van der Waals surface area contributed by atoms with Gasteiger partial charge in [0, 0.05) is 32.7 Å². The molecule has 2 heterocycles. The zero-order valence-electron chi connectivity index (χ0n) is 34.2. The van der Waals surface area contributed by atoms with Crippen molar-refractivity contribution in [3.63, 3.8) is 0 Å². The third-order valence-corrected chi connectivity index (χ3v) is 13.0. The van der Waals surface area contributed by atoms with Gasteiger partial charge in [0.15, 0.2) is 5.82 Å². The summed E-state index contributed by atoms with van der Waals surface area (Å²) in [4.78, 5) is 10.9. The van der Waals surface area contributed by atoms with Gasteiger partial charge < -0.3 is 4.57 Å². The summed E-state index contributed by atoms with van der Waals surface area (Å²) in [6, 6.07) is 81.1. The molecule has 0 saturated heterocycles. The molecule has 0 N–H and O–H groups in total. The highest BCUT2D eigenvalue weighted by molar-refractivity contribution is 6.24. The van der Waals surface area contributed by atoms with E-state index in [2.05, 4.69) is 229 Å². The maximum atomic E-state index is 5.48. The average Bonchev–Trinajstić information content (AvgIpc) is 3.68. The standard InChI is InChI=1S/C60H37N3/c1-2-12-38(13-3-1)40-22-25-42(26-23-40)59-52-30-28-47(46-27-24-39-14-4-5-16-43(39)34-46)36-54(52)61-60(62-59)51-31-33-55(50-21-11-10-20-49(50)51)63-56-32-29-41-15-8-9-19-48(41)58(56)53-35-44-17-6-7-18-45(44)37-57(53)63/h1-37H. The second kappa shape index (κ2) is 14.1. The summed E-state index contributed by atoms with van der Waals surface area (Å²) >= 11 is 0. The van der Waals surface area contributed by atoms with Crippen LogP contribution in [0.15, 0.2) is 224 Å². The Bertz CT molecular complexity index is 3960. The normalized spacial score (nSPS) is 11.8. The Morgan fingerprint density at radius 1 is 0.302 bits per heavy atom. The molecule has 0 aliphatic heterocycles.